The van der Waals surface area contributed by atoms with Gasteiger partial charge in [0.05, 0.1) is 17.8 Å². The lowest BCUT2D eigenvalue weighted by atomic mass is 10.0. The predicted molar refractivity (Wildman–Crippen MR) is 133 cm³/mol. The fraction of sp³-hybridized carbons (Fsp3) is 0.0769. The van der Waals surface area contributed by atoms with Crippen LogP contribution in [-0.4, -0.2) is 27.7 Å². The highest BCUT2D eigenvalue weighted by atomic mass is 35.5. The van der Waals surface area contributed by atoms with Gasteiger partial charge in [-0.05, 0) is 53.1 Å². The van der Waals surface area contributed by atoms with Gasteiger partial charge in [0.2, 0.25) is 0 Å². The smallest absolute Gasteiger partial charge is 0.323 e. The number of aliphatic carboxylic acids is 1. The first-order valence-electron chi connectivity index (χ1n) is 10.1. The lowest BCUT2D eigenvalue weighted by Crippen LogP contribution is -2.09. The monoisotopic (exact) mass is 478 g/mol. The summed E-state index contributed by atoms with van der Waals surface area (Å²) in [7, 11) is 1.64. The van der Waals surface area contributed by atoms with Crippen LogP contribution in [0.25, 0.3) is 34.5 Å². The van der Waals surface area contributed by atoms with Crippen LogP contribution in [0.15, 0.2) is 72.9 Å². The molecule has 4 aromatic rings. The third-order valence-electron chi connectivity index (χ3n) is 5.08. The lowest BCUT2D eigenvalue weighted by Gasteiger charge is -2.04. The van der Waals surface area contributed by atoms with Crippen LogP contribution in [0.3, 0.4) is 0 Å². The Kier molecular flexibility index (Phi) is 6.82. The highest BCUT2D eigenvalue weighted by Gasteiger charge is 2.13. The number of carboxylic acid groups (broad SMARTS) is 1. The zero-order chi connectivity index (χ0) is 23.4. The SMILES string of the molecule is COc1ccc(-c2ccc(C=Cc3nc(-c4ccc(Cl)cc4Cl)cn3CC(=O)O)cc2)cc1. The normalized spacial score (nSPS) is 11.1. The van der Waals surface area contributed by atoms with Gasteiger partial charge in [0, 0.05) is 16.8 Å². The van der Waals surface area contributed by atoms with E-state index in [-0.39, 0.29) is 6.54 Å². The van der Waals surface area contributed by atoms with Gasteiger partial charge in [-0.2, -0.15) is 0 Å². The summed E-state index contributed by atoms with van der Waals surface area (Å²) in [5.74, 6) is 0.367. The van der Waals surface area contributed by atoms with E-state index >= 15 is 0 Å². The Hall–Kier alpha value is -3.54. The summed E-state index contributed by atoms with van der Waals surface area (Å²) in [5.41, 5.74) is 4.40. The topological polar surface area (TPSA) is 64.4 Å². The summed E-state index contributed by atoms with van der Waals surface area (Å²) >= 11 is 12.3. The molecule has 33 heavy (non-hydrogen) atoms. The van der Waals surface area contributed by atoms with Crippen molar-refractivity contribution in [2.45, 2.75) is 6.54 Å². The Morgan fingerprint density at radius 1 is 1.00 bits per heavy atom. The minimum Gasteiger partial charge on any atom is -0.497 e. The summed E-state index contributed by atoms with van der Waals surface area (Å²) < 4.78 is 6.78. The fourth-order valence-electron chi connectivity index (χ4n) is 3.40. The molecule has 0 radical (unpaired) electrons. The van der Waals surface area contributed by atoms with Crippen molar-refractivity contribution in [3.8, 4) is 28.1 Å². The number of ether oxygens (including phenoxy) is 1. The molecule has 7 heteroatoms. The van der Waals surface area contributed by atoms with E-state index in [0.717, 1.165) is 22.4 Å². The first-order valence-corrected chi connectivity index (χ1v) is 10.9. The molecule has 0 bridgehead atoms. The molecular weight excluding hydrogens is 459 g/mol. The second-order valence-corrected chi connectivity index (χ2v) is 8.16. The molecule has 0 atom stereocenters. The van der Waals surface area contributed by atoms with Crippen molar-refractivity contribution >= 4 is 41.3 Å². The number of halogens is 2. The maximum absolute atomic E-state index is 11.3. The fourth-order valence-corrected chi connectivity index (χ4v) is 3.91. The molecule has 0 aliphatic heterocycles. The number of carboxylic acids is 1. The van der Waals surface area contributed by atoms with E-state index < -0.39 is 5.97 Å². The Labute approximate surface area is 201 Å². The van der Waals surface area contributed by atoms with Crippen molar-refractivity contribution in [2.24, 2.45) is 0 Å². The van der Waals surface area contributed by atoms with Gasteiger partial charge >= 0.3 is 5.97 Å². The molecule has 0 unspecified atom stereocenters. The number of carbonyl (C=O) groups is 1. The minimum atomic E-state index is -0.959. The molecule has 1 heterocycles. The van der Waals surface area contributed by atoms with Gasteiger partial charge in [-0.15, -0.1) is 0 Å². The van der Waals surface area contributed by atoms with Crippen molar-refractivity contribution in [3.63, 3.8) is 0 Å². The number of benzene rings is 3. The standard InChI is InChI=1S/C26H20Cl2N2O3/c1-33-21-10-7-19(8-11-21)18-5-2-17(3-6-18)4-13-25-29-24(15-30(25)16-26(31)32)22-12-9-20(27)14-23(22)28/h2-15H,16H2,1H3,(H,31,32). The molecule has 3 aromatic carbocycles. The van der Waals surface area contributed by atoms with Crippen LogP contribution in [0.2, 0.25) is 10.0 Å². The van der Waals surface area contributed by atoms with Crippen LogP contribution < -0.4 is 4.74 Å². The first kappa shape index (κ1) is 22.6. The Morgan fingerprint density at radius 2 is 1.67 bits per heavy atom. The van der Waals surface area contributed by atoms with Gasteiger partial charge in [-0.25, -0.2) is 4.98 Å². The van der Waals surface area contributed by atoms with Crippen molar-refractivity contribution < 1.29 is 14.6 Å². The Balaban J connectivity index is 1.59. The first-order chi connectivity index (χ1) is 15.9. The molecule has 0 saturated heterocycles. The summed E-state index contributed by atoms with van der Waals surface area (Å²) in [6.45, 7) is -0.214. The summed E-state index contributed by atoms with van der Waals surface area (Å²) in [4.78, 5) is 15.9. The van der Waals surface area contributed by atoms with Gasteiger partial charge < -0.3 is 14.4 Å². The van der Waals surface area contributed by atoms with Gasteiger partial charge in [0.25, 0.3) is 0 Å². The lowest BCUT2D eigenvalue weighted by molar-refractivity contribution is -0.137. The van der Waals surface area contributed by atoms with E-state index in [1.165, 1.54) is 0 Å². The molecule has 0 fully saturated rings. The molecule has 4 rings (SSSR count). The van der Waals surface area contributed by atoms with Gasteiger partial charge in [0.1, 0.15) is 18.1 Å². The van der Waals surface area contributed by atoms with E-state index in [4.69, 9.17) is 27.9 Å². The Bertz CT molecular complexity index is 1310. The molecular formula is C26H20Cl2N2O3. The van der Waals surface area contributed by atoms with Gasteiger partial charge in [-0.3, -0.25) is 4.79 Å². The van der Waals surface area contributed by atoms with Crippen molar-refractivity contribution in [2.75, 3.05) is 7.11 Å². The van der Waals surface area contributed by atoms with Gasteiger partial charge in [-0.1, -0.05) is 65.7 Å². The van der Waals surface area contributed by atoms with Crippen LogP contribution in [0.5, 0.6) is 5.75 Å². The molecule has 1 N–H and O–H groups in total. The van der Waals surface area contributed by atoms with E-state index in [0.29, 0.717) is 27.1 Å². The van der Waals surface area contributed by atoms with Crippen molar-refractivity contribution in [1.29, 1.82) is 0 Å². The van der Waals surface area contributed by atoms with Crippen LogP contribution in [0.4, 0.5) is 0 Å². The highest BCUT2D eigenvalue weighted by molar-refractivity contribution is 6.36. The summed E-state index contributed by atoms with van der Waals surface area (Å²) in [6, 6.07) is 21.1. The third kappa shape index (κ3) is 5.45. The largest absolute Gasteiger partial charge is 0.497 e. The van der Waals surface area contributed by atoms with E-state index in [9.17, 15) is 9.90 Å². The molecule has 0 saturated carbocycles. The number of nitrogens with zero attached hydrogens (tertiary/aromatic N) is 2. The number of imidazole rings is 1. The van der Waals surface area contributed by atoms with Crippen LogP contribution in [0, 0.1) is 0 Å². The number of methoxy groups -OCH3 is 1. The van der Waals surface area contributed by atoms with Crippen molar-refractivity contribution in [1.82, 2.24) is 9.55 Å². The second-order valence-electron chi connectivity index (χ2n) is 7.31. The van der Waals surface area contributed by atoms with Crippen molar-refractivity contribution in [3.05, 3.63) is 94.4 Å². The number of aromatic nitrogens is 2. The molecule has 0 amide bonds. The second kappa shape index (κ2) is 9.94. The quantitative estimate of drug-likeness (QED) is 0.317. The number of hydrogen-bond acceptors (Lipinski definition) is 3. The minimum absolute atomic E-state index is 0.214. The maximum atomic E-state index is 11.3. The molecule has 1 aromatic heterocycles. The number of hydrogen-bond donors (Lipinski definition) is 1. The van der Waals surface area contributed by atoms with E-state index in [2.05, 4.69) is 4.98 Å². The third-order valence-corrected chi connectivity index (χ3v) is 5.63. The predicted octanol–water partition coefficient (Wildman–Crippen LogP) is 6.79. The average Bonchev–Trinajstić information content (AvgIpc) is 3.19. The highest BCUT2D eigenvalue weighted by Crippen LogP contribution is 2.30. The van der Waals surface area contributed by atoms with E-state index in [1.807, 2.05) is 54.6 Å². The Morgan fingerprint density at radius 3 is 2.27 bits per heavy atom. The summed E-state index contributed by atoms with van der Waals surface area (Å²) in [5, 5.41) is 10.3. The van der Waals surface area contributed by atoms with Crippen LogP contribution in [0.1, 0.15) is 11.4 Å². The maximum Gasteiger partial charge on any atom is 0.323 e. The molecule has 0 aliphatic carbocycles. The van der Waals surface area contributed by atoms with E-state index in [1.54, 1.807) is 42.1 Å². The molecule has 5 nitrogen and oxygen atoms in total. The van der Waals surface area contributed by atoms with Crippen LogP contribution in [-0.2, 0) is 11.3 Å². The van der Waals surface area contributed by atoms with Crippen LogP contribution >= 0.6 is 23.2 Å². The zero-order valence-corrected chi connectivity index (χ0v) is 19.2. The van der Waals surface area contributed by atoms with Gasteiger partial charge in [0.15, 0.2) is 0 Å². The summed E-state index contributed by atoms with van der Waals surface area (Å²) in [6.07, 6.45) is 5.36. The number of rotatable bonds is 7. The zero-order valence-electron chi connectivity index (χ0n) is 17.7. The molecule has 0 aliphatic rings. The molecule has 0 spiro atoms. The molecule has 166 valence electrons. The average molecular weight is 479 g/mol.